The lowest BCUT2D eigenvalue weighted by atomic mass is 9.91. The number of carbonyl (C=O) groups excluding carboxylic acids is 1. The van der Waals surface area contributed by atoms with Crippen LogP contribution in [0.5, 0.6) is 0 Å². The molecule has 0 aromatic rings. The maximum Gasteiger partial charge on any atom is 0.135 e. The molecule has 0 heterocycles. The van der Waals surface area contributed by atoms with Crippen LogP contribution in [0.3, 0.4) is 0 Å². The Bertz CT molecular complexity index is 163. The van der Waals surface area contributed by atoms with Gasteiger partial charge in [-0.3, -0.25) is 4.79 Å². The van der Waals surface area contributed by atoms with Crippen LogP contribution in [0.1, 0.15) is 85.0 Å². The number of unbranched alkanes of at least 4 members (excludes halogenated alkanes) is 5. The Hall–Kier alpha value is -0.330. The van der Waals surface area contributed by atoms with Crippen LogP contribution in [0.4, 0.5) is 0 Å². The summed E-state index contributed by atoms with van der Waals surface area (Å²) in [6.07, 6.45) is 11.6. The van der Waals surface area contributed by atoms with Gasteiger partial charge in [-0.05, 0) is 19.3 Å². The summed E-state index contributed by atoms with van der Waals surface area (Å²) in [4.78, 5) is 11.9. The lowest BCUT2D eigenvalue weighted by Gasteiger charge is -2.12. The largest absolute Gasteiger partial charge is 0.299 e. The molecule has 0 spiro atoms. The molecule has 0 aromatic heterocycles. The van der Waals surface area contributed by atoms with E-state index in [1.807, 2.05) is 0 Å². The third-order valence-electron chi connectivity index (χ3n) is 3.38. The lowest BCUT2D eigenvalue weighted by molar-refractivity contribution is -0.123. The average molecular weight is 226 g/mol. The van der Waals surface area contributed by atoms with Crippen molar-refractivity contribution in [2.45, 2.75) is 85.0 Å². The van der Waals surface area contributed by atoms with Gasteiger partial charge in [-0.25, -0.2) is 0 Å². The minimum atomic E-state index is 0.353. The molecule has 0 bridgehead atoms. The van der Waals surface area contributed by atoms with Gasteiger partial charge in [0.05, 0.1) is 0 Å². The van der Waals surface area contributed by atoms with E-state index in [0.717, 1.165) is 25.7 Å². The Kier molecular flexibility index (Phi) is 10.9. The van der Waals surface area contributed by atoms with E-state index >= 15 is 0 Å². The molecule has 0 radical (unpaired) electrons. The summed E-state index contributed by atoms with van der Waals surface area (Å²) in [5.74, 6) is 0.874. The number of Topliss-reactive ketones (excluding diaryl/α,β-unsaturated/α-hetero) is 1. The number of ketones is 1. The van der Waals surface area contributed by atoms with Gasteiger partial charge in [0.15, 0.2) is 0 Å². The van der Waals surface area contributed by atoms with Crippen molar-refractivity contribution in [2.75, 3.05) is 0 Å². The summed E-state index contributed by atoms with van der Waals surface area (Å²) in [7, 11) is 0. The van der Waals surface area contributed by atoms with Gasteiger partial charge in [-0.1, -0.05) is 59.3 Å². The van der Waals surface area contributed by atoms with Crippen molar-refractivity contribution in [1.29, 1.82) is 0 Å². The summed E-state index contributed by atoms with van der Waals surface area (Å²) < 4.78 is 0. The van der Waals surface area contributed by atoms with Crippen LogP contribution < -0.4 is 0 Å². The van der Waals surface area contributed by atoms with E-state index in [4.69, 9.17) is 0 Å². The average Bonchev–Trinajstić information content (AvgIpc) is 2.30. The fourth-order valence-corrected chi connectivity index (χ4v) is 2.15. The highest BCUT2D eigenvalue weighted by molar-refractivity contribution is 5.80. The summed E-state index contributed by atoms with van der Waals surface area (Å²) in [5, 5.41) is 0. The van der Waals surface area contributed by atoms with E-state index in [0.29, 0.717) is 11.7 Å². The van der Waals surface area contributed by atoms with Crippen molar-refractivity contribution in [3.05, 3.63) is 0 Å². The molecule has 1 unspecified atom stereocenters. The van der Waals surface area contributed by atoms with Gasteiger partial charge in [0.1, 0.15) is 5.78 Å². The Labute approximate surface area is 102 Å². The molecule has 0 aliphatic carbocycles. The minimum absolute atomic E-state index is 0.353. The van der Waals surface area contributed by atoms with E-state index in [1.165, 1.54) is 38.5 Å². The molecule has 1 heteroatoms. The van der Waals surface area contributed by atoms with Crippen molar-refractivity contribution < 1.29 is 4.79 Å². The molecule has 0 N–H and O–H groups in total. The van der Waals surface area contributed by atoms with Gasteiger partial charge < -0.3 is 0 Å². The van der Waals surface area contributed by atoms with Crippen LogP contribution >= 0.6 is 0 Å². The summed E-state index contributed by atoms with van der Waals surface area (Å²) >= 11 is 0. The second-order valence-corrected chi connectivity index (χ2v) is 4.88. The predicted molar refractivity (Wildman–Crippen MR) is 71.7 cm³/mol. The molecule has 96 valence electrons. The Morgan fingerprint density at radius 2 is 1.50 bits per heavy atom. The summed E-state index contributed by atoms with van der Waals surface area (Å²) in [5.41, 5.74) is 0. The molecule has 0 saturated heterocycles. The molecule has 0 amide bonds. The molecule has 0 aliphatic heterocycles. The molecule has 16 heavy (non-hydrogen) atoms. The highest BCUT2D eigenvalue weighted by Gasteiger charge is 2.14. The van der Waals surface area contributed by atoms with Crippen LogP contribution in [-0.4, -0.2) is 5.78 Å². The van der Waals surface area contributed by atoms with Gasteiger partial charge in [-0.15, -0.1) is 0 Å². The van der Waals surface area contributed by atoms with Gasteiger partial charge in [-0.2, -0.15) is 0 Å². The Balaban J connectivity index is 3.58. The fourth-order valence-electron chi connectivity index (χ4n) is 2.15. The standard InChI is InChI=1S/C15H30O/c1-4-7-9-10-11-13-15(16)14(6-3)12-8-5-2/h14H,4-13H2,1-3H3. The highest BCUT2D eigenvalue weighted by atomic mass is 16.1. The Morgan fingerprint density at radius 3 is 2.06 bits per heavy atom. The van der Waals surface area contributed by atoms with Gasteiger partial charge in [0, 0.05) is 12.3 Å². The van der Waals surface area contributed by atoms with Crippen molar-refractivity contribution in [2.24, 2.45) is 5.92 Å². The normalized spacial score (nSPS) is 12.7. The van der Waals surface area contributed by atoms with E-state index in [9.17, 15) is 4.79 Å². The summed E-state index contributed by atoms with van der Waals surface area (Å²) in [6, 6.07) is 0. The first-order valence-corrected chi connectivity index (χ1v) is 7.28. The zero-order valence-corrected chi connectivity index (χ0v) is 11.6. The van der Waals surface area contributed by atoms with E-state index in [-0.39, 0.29) is 0 Å². The first-order chi connectivity index (χ1) is 7.76. The second kappa shape index (κ2) is 11.2. The highest BCUT2D eigenvalue weighted by Crippen LogP contribution is 2.17. The molecule has 1 atom stereocenters. The topological polar surface area (TPSA) is 17.1 Å². The third kappa shape index (κ3) is 7.90. The van der Waals surface area contributed by atoms with E-state index in [2.05, 4.69) is 20.8 Å². The Morgan fingerprint density at radius 1 is 0.875 bits per heavy atom. The van der Waals surface area contributed by atoms with Crippen LogP contribution in [-0.2, 0) is 4.79 Å². The van der Waals surface area contributed by atoms with Gasteiger partial charge >= 0.3 is 0 Å². The third-order valence-corrected chi connectivity index (χ3v) is 3.38. The number of hydrogen-bond donors (Lipinski definition) is 0. The van der Waals surface area contributed by atoms with Gasteiger partial charge in [0.2, 0.25) is 0 Å². The zero-order chi connectivity index (χ0) is 12.2. The predicted octanol–water partition coefficient (Wildman–Crippen LogP) is 5.13. The smallest absolute Gasteiger partial charge is 0.135 e. The van der Waals surface area contributed by atoms with Crippen LogP contribution in [0.15, 0.2) is 0 Å². The van der Waals surface area contributed by atoms with Gasteiger partial charge in [0.25, 0.3) is 0 Å². The molecule has 0 saturated carbocycles. The van der Waals surface area contributed by atoms with Crippen molar-refractivity contribution in [1.82, 2.24) is 0 Å². The SMILES string of the molecule is CCCCCCCC(=O)C(CC)CCCC. The molecule has 0 aromatic carbocycles. The van der Waals surface area contributed by atoms with E-state index < -0.39 is 0 Å². The van der Waals surface area contributed by atoms with E-state index in [1.54, 1.807) is 0 Å². The van der Waals surface area contributed by atoms with Crippen molar-refractivity contribution >= 4 is 5.78 Å². The molecule has 0 aliphatic rings. The first kappa shape index (κ1) is 15.7. The van der Waals surface area contributed by atoms with Crippen molar-refractivity contribution in [3.63, 3.8) is 0 Å². The first-order valence-electron chi connectivity index (χ1n) is 7.28. The quantitative estimate of drug-likeness (QED) is 0.446. The molecular formula is C15H30O. The fraction of sp³-hybridized carbons (Fsp3) is 0.933. The molecule has 0 fully saturated rings. The van der Waals surface area contributed by atoms with Crippen molar-refractivity contribution in [3.8, 4) is 0 Å². The number of hydrogen-bond acceptors (Lipinski definition) is 1. The molecule has 1 nitrogen and oxygen atoms in total. The lowest BCUT2D eigenvalue weighted by Crippen LogP contribution is -2.13. The second-order valence-electron chi connectivity index (χ2n) is 4.88. The summed E-state index contributed by atoms with van der Waals surface area (Å²) in [6.45, 7) is 6.57. The monoisotopic (exact) mass is 226 g/mol. The number of rotatable bonds is 11. The van der Waals surface area contributed by atoms with Crippen LogP contribution in [0, 0.1) is 5.92 Å². The minimum Gasteiger partial charge on any atom is -0.299 e. The maximum atomic E-state index is 11.9. The van der Waals surface area contributed by atoms with Crippen LogP contribution in [0.2, 0.25) is 0 Å². The number of carbonyl (C=O) groups is 1. The molecular weight excluding hydrogens is 196 g/mol. The molecule has 0 rings (SSSR count). The van der Waals surface area contributed by atoms with Crippen LogP contribution in [0.25, 0.3) is 0 Å². The maximum absolute atomic E-state index is 11.9. The zero-order valence-electron chi connectivity index (χ0n) is 11.6.